The number of carboxylic acids is 1. The van der Waals surface area contributed by atoms with Crippen LogP contribution in [0.4, 0.5) is 10.1 Å². The minimum Gasteiger partial charge on any atom is -0.508 e. The predicted molar refractivity (Wildman–Crippen MR) is 73.8 cm³/mol. The molecule has 0 unspecified atom stereocenters. The molecule has 20 heavy (non-hydrogen) atoms. The molecule has 0 amide bonds. The average Bonchev–Trinajstić information content (AvgIpc) is 2.39. The number of halogens is 2. The topological polar surface area (TPSA) is 69.6 Å². The number of nitrogens with one attached hydrogen (secondary N) is 1. The molecule has 0 bridgehead atoms. The number of phenolic OH excluding ortho intramolecular Hbond substituents is 1. The van der Waals surface area contributed by atoms with E-state index < -0.39 is 17.3 Å². The minimum atomic E-state index is -1.34. The van der Waals surface area contributed by atoms with Gasteiger partial charge in [0.2, 0.25) is 0 Å². The van der Waals surface area contributed by atoms with E-state index >= 15 is 0 Å². The van der Waals surface area contributed by atoms with Crippen LogP contribution < -0.4 is 5.32 Å². The van der Waals surface area contributed by atoms with Gasteiger partial charge in [0.1, 0.15) is 11.6 Å². The van der Waals surface area contributed by atoms with Gasteiger partial charge in [-0.15, -0.1) is 0 Å². The molecular formula is C14H11ClFNO3. The fourth-order valence-corrected chi connectivity index (χ4v) is 1.95. The van der Waals surface area contributed by atoms with E-state index in [-0.39, 0.29) is 12.3 Å². The number of anilines is 1. The first-order valence-corrected chi connectivity index (χ1v) is 6.10. The third-order valence-electron chi connectivity index (χ3n) is 2.76. The molecule has 0 aliphatic rings. The Hall–Kier alpha value is -2.27. The van der Waals surface area contributed by atoms with Crippen LogP contribution in [-0.2, 0) is 6.54 Å². The molecule has 104 valence electrons. The highest BCUT2D eigenvalue weighted by molar-refractivity contribution is 6.31. The Morgan fingerprint density at radius 2 is 2.05 bits per heavy atom. The summed E-state index contributed by atoms with van der Waals surface area (Å²) in [7, 11) is 0. The zero-order chi connectivity index (χ0) is 14.7. The van der Waals surface area contributed by atoms with Gasteiger partial charge in [0.25, 0.3) is 0 Å². The standard InChI is InChI=1S/C14H11ClFNO3/c15-11-2-1-3-13(18)10(11)7-17-8-4-5-12(16)9(6-8)14(19)20/h1-6,17-18H,7H2,(H,19,20). The Kier molecular flexibility index (Phi) is 4.10. The summed E-state index contributed by atoms with van der Waals surface area (Å²) in [5, 5.41) is 21.8. The van der Waals surface area contributed by atoms with E-state index in [1.54, 1.807) is 12.1 Å². The molecule has 0 aliphatic heterocycles. The van der Waals surface area contributed by atoms with Crippen LogP contribution >= 0.6 is 11.6 Å². The van der Waals surface area contributed by atoms with Crippen LogP contribution in [0.2, 0.25) is 5.02 Å². The molecule has 0 heterocycles. The Morgan fingerprint density at radius 3 is 2.70 bits per heavy atom. The maximum Gasteiger partial charge on any atom is 0.338 e. The second-order valence-electron chi connectivity index (χ2n) is 4.09. The molecule has 0 aliphatic carbocycles. The van der Waals surface area contributed by atoms with Crippen molar-refractivity contribution in [1.29, 1.82) is 0 Å². The first kappa shape index (κ1) is 14.1. The van der Waals surface area contributed by atoms with Crippen molar-refractivity contribution in [1.82, 2.24) is 0 Å². The van der Waals surface area contributed by atoms with E-state index in [2.05, 4.69) is 5.32 Å². The van der Waals surface area contributed by atoms with Crippen molar-refractivity contribution in [2.45, 2.75) is 6.54 Å². The van der Waals surface area contributed by atoms with Crippen LogP contribution in [-0.4, -0.2) is 16.2 Å². The van der Waals surface area contributed by atoms with Crippen LogP contribution in [0.15, 0.2) is 36.4 Å². The van der Waals surface area contributed by atoms with Crippen molar-refractivity contribution < 1.29 is 19.4 Å². The lowest BCUT2D eigenvalue weighted by Gasteiger charge is -2.10. The molecule has 6 heteroatoms. The summed E-state index contributed by atoms with van der Waals surface area (Å²) in [5.41, 5.74) is 0.483. The van der Waals surface area contributed by atoms with E-state index in [1.807, 2.05) is 0 Å². The van der Waals surface area contributed by atoms with Gasteiger partial charge in [0.15, 0.2) is 0 Å². The number of rotatable bonds is 4. The van der Waals surface area contributed by atoms with Gasteiger partial charge >= 0.3 is 5.97 Å². The number of hydrogen-bond donors (Lipinski definition) is 3. The Morgan fingerprint density at radius 1 is 1.30 bits per heavy atom. The van der Waals surface area contributed by atoms with Crippen molar-refractivity contribution in [2.75, 3.05) is 5.32 Å². The highest BCUT2D eigenvalue weighted by Crippen LogP contribution is 2.26. The predicted octanol–water partition coefficient (Wildman–Crippen LogP) is 3.50. The smallest absolute Gasteiger partial charge is 0.338 e. The molecule has 2 aromatic rings. The van der Waals surface area contributed by atoms with Crippen LogP contribution in [0.5, 0.6) is 5.75 Å². The van der Waals surface area contributed by atoms with Gasteiger partial charge in [-0.1, -0.05) is 17.7 Å². The summed E-state index contributed by atoms with van der Waals surface area (Å²) in [6.45, 7) is 0.191. The molecule has 2 rings (SSSR count). The maximum absolute atomic E-state index is 13.2. The van der Waals surface area contributed by atoms with Gasteiger partial charge in [0.05, 0.1) is 5.56 Å². The lowest BCUT2D eigenvalue weighted by atomic mass is 10.1. The summed E-state index contributed by atoms with van der Waals surface area (Å²) in [6, 6.07) is 8.41. The first-order valence-electron chi connectivity index (χ1n) is 5.72. The van der Waals surface area contributed by atoms with Gasteiger partial charge in [-0.25, -0.2) is 9.18 Å². The van der Waals surface area contributed by atoms with Crippen molar-refractivity contribution in [3.05, 3.63) is 58.4 Å². The Bertz CT molecular complexity index is 641. The third kappa shape index (κ3) is 3.00. The highest BCUT2D eigenvalue weighted by Gasteiger charge is 2.11. The lowest BCUT2D eigenvalue weighted by Crippen LogP contribution is -2.04. The largest absolute Gasteiger partial charge is 0.508 e. The van der Waals surface area contributed by atoms with Gasteiger partial charge in [-0.2, -0.15) is 0 Å². The van der Waals surface area contributed by atoms with Gasteiger partial charge in [-0.3, -0.25) is 0 Å². The molecular weight excluding hydrogens is 285 g/mol. The maximum atomic E-state index is 13.2. The molecule has 0 radical (unpaired) electrons. The number of carbonyl (C=O) groups is 1. The number of phenols is 1. The van der Waals surface area contributed by atoms with Crippen molar-refractivity contribution in [2.24, 2.45) is 0 Å². The molecule has 0 spiro atoms. The van der Waals surface area contributed by atoms with E-state index in [9.17, 15) is 14.3 Å². The molecule has 0 aromatic heterocycles. The van der Waals surface area contributed by atoms with E-state index in [0.717, 1.165) is 6.07 Å². The van der Waals surface area contributed by atoms with Crippen molar-refractivity contribution in [3.63, 3.8) is 0 Å². The third-order valence-corrected chi connectivity index (χ3v) is 3.11. The summed E-state index contributed by atoms with van der Waals surface area (Å²) in [4.78, 5) is 10.8. The summed E-state index contributed by atoms with van der Waals surface area (Å²) in [6.07, 6.45) is 0. The van der Waals surface area contributed by atoms with Crippen LogP contribution in [0, 0.1) is 5.82 Å². The zero-order valence-corrected chi connectivity index (χ0v) is 11.0. The number of hydrogen-bond acceptors (Lipinski definition) is 3. The number of carboxylic acid groups (broad SMARTS) is 1. The fourth-order valence-electron chi connectivity index (χ4n) is 1.71. The van der Waals surface area contributed by atoms with Crippen LogP contribution in [0.25, 0.3) is 0 Å². The second kappa shape index (κ2) is 5.79. The van der Waals surface area contributed by atoms with E-state index in [1.165, 1.54) is 18.2 Å². The number of benzene rings is 2. The average molecular weight is 296 g/mol. The zero-order valence-electron chi connectivity index (χ0n) is 10.2. The Balaban J connectivity index is 2.19. The summed E-state index contributed by atoms with van der Waals surface area (Å²) in [5.74, 6) is -2.11. The van der Waals surface area contributed by atoms with Crippen molar-refractivity contribution >= 4 is 23.3 Å². The summed E-state index contributed by atoms with van der Waals surface area (Å²) < 4.78 is 13.2. The van der Waals surface area contributed by atoms with E-state index in [4.69, 9.17) is 16.7 Å². The number of aromatic carboxylic acids is 1. The SMILES string of the molecule is O=C(O)c1cc(NCc2c(O)cccc2Cl)ccc1F. The molecule has 3 N–H and O–H groups in total. The molecule has 0 saturated heterocycles. The molecule has 0 atom stereocenters. The highest BCUT2D eigenvalue weighted by atomic mass is 35.5. The van der Waals surface area contributed by atoms with Gasteiger partial charge in [0, 0.05) is 22.8 Å². The van der Waals surface area contributed by atoms with E-state index in [0.29, 0.717) is 16.3 Å². The Labute approximate surface area is 119 Å². The monoisotopic (exact) mass is 295 g/mol. The lowest BCUT2D eigenvalue weighted by molar-refractivity contribution is 0.0692. The fraction of sp³-hybridized carbons (Fsp3) is 0.0714. The minimum absolute atomic E-state index is 0.0329. The summed E-state index contributed by atoms with van der Waals surface area (Å²) >= 11 is 5.95. The van der Waals surface area contributed by atoms with Crippen LogP contribution in [0.1, 0.15) is 15.9 Å². The normalized spacial score (nSPS) is 10.3. The van der Waals surface area contributed by atoms with Gasteiger partial charge < -0.3 is 15.5 Å². The quantitative estimate of drug-likeness (QED) is 0.807. The molecule has 0 fully saturated rings. The van der Waals surface area contributed by atoms with Gasteiger partial charge in [-0.05, 0) is 30.3 Å². The molecule has 4 nitrogen and oxygen atoms in total. The molecule has 0 saturated carbocycles. The van der Waals surface area contributed by atoms with Crippen LogP contribution in [0.3, 0.4) is 0 Å². The second-order valence-corrected chi connectivity index (χ2v) is 4.50. The number of aromatic hydroxyl groups is 1. The van der Waals surface area contributed by atoms with Crippen molar-refractivity contribution in [3.8, 4) is 5.75 Å². The molecule has 2 aromatic carbocycles. The first-order chi connectivity index (χ1) is 9.49.